The van der Waals surface area contributed by atoms with E-state index in [4.69, 9.17) is 4.74 Å². The maximum Gasteiger partial charge on any atom is 0.282 e. The molecule has 174 valence electrons. The van der Waals surface area contributed by atoms with Crippen molar-refractivity contribution < 1.29 is 14.3 Å². The minimum atomic E-state index is -0.382. The lowest BCUT2D eigenvalue weighted by Gasteiger charge is -2.16. The van der Waals surface area contributed by atoms with E-state index in [9.17, 15) is 9.59 Å². The van der Waals surface area contributed by atoms with E-state index in [2.05, 4.69) is 12.2 Å². The van der Waals surface area contributed by atoms with Crippen molar-refractivity contribution in [2.24, 2.45) is 0 Å². The van der Waals surface area contributed by atoms with Gasteiger partial charge in [0.15, 0.2) is 0 Å². The molecule has 0 atom stereocenters. The van der Waals surface area contributed by atoms with Gasteiger partial charge < -0.3 is 10.1 Å². The highest BCUT2D eigenvalue weighted by molar-refractivity contribution is 6.46. The average Bonchev–Trinajstić information content (AvgIpc) is 3.07. The smallest absolute Gasteiger partial charge is 0.282 e. The summed E-state index contributed by atoms with van der Waals surface area (Å²) >= 11 is 0. The van der Waals surface area contributed by atoms with Gasteiger partial charge in [-0.25, -0.2) is 4.90 Å². The molecule has 5 heteroatoms. The molecule has 1 aliphatic heterocycles. The standard InChI is InChI=1S/C29H30N2O3/c1-5-6-9-21-13-15-22(16-14-21)31-28(32)26(23-17-12-19(2)18-20(23)3)27(29(31)33)30-24-10-7-8-11-25(24)34-4/h7-8,10-18,30H,5-6,9H2,1-4H3. The van der Waals surface area contributed by atoms with Gasteiger partial charge in [-0.05, 0) is 67.6 Å². The third-order valence-electron chi connectivity index (χ3n) is 6.12. The van der Waals surface area contributed by atoms with Gasteiger partial charge in [0, 0.05) is 0 Å². The molecule has 0 saturated heterocycles. The van der Waals surface area contributed by atoms with Crippen molar-refractivity contribution in [3.63, 3.8) is 0 Å². The third kappa shape index (κ3) is 4.46. The lowest BCUT2D eigenvalue weighted by molar-refractivity contribution is -0.120. The summed E-state index contributed by atoms with van der Waals surface area (Å²) in [6.45, 7) is 6.12. The second-order valence-corrected chi connectivity index (χ2v) is 8.61. The predicted octanol–water partition coefficient (Wildman–Crippen LogP) is 6.05. The summed E-state index contributed by atoms with van der Waals surface area (Å²) in [5.41, 5.74) is 5.77. The van der Waals surface area contributed by atoms with Gasteiger partial charge in [0.2, 0.25) is 0 Å². The minimum absolute atomic E-state index is 0.247. The van der Waals surface area contributed by atoms with Crippen molar-refractivity contribution in [2.45, 2.75) is 40.0 Å². The van der Waals surface area contributed by atoms with Crippen LogP contribution in [0.15, 0.2) is 72.4 Å². The molecule has 0 aromatic heterocycles. The Hall–Kier alpha value is -3.86. The number of anilines is 2. The SMILES string of the molecule is CCCCc1ccc(N2C(=O)C(Nc3ccccc3OC)=C(c3ccc(C)cc3C)C2=O)cc1. The van der Waals surface area contributed by atoms with Crippen LogP contribution in [0.2, 0.25) is 0 Å². The summed E-state index contributed by atoms with van der Waals surface area (Å²) in [6, 6.07) is 20.9. The zero-order valence-corrected chi connectivity index (χ0v) is 20.1. The fourth-order valence-electron chi connectivity index (χ4n) is 4.30. The first kappa shape index (κ1) is 23.3. The van der Waals surface area contributed by atoms with E-state index < -0.39 is 0 Å². The number of methoxy groups -OCH3 is 1. The molecule has 3 aromatic carbocycles. The van der Waals surface area contributed by atoms with E-state index >= 15 is 0 Å². The zero-order valence-electron chi connectivity index (χ0n) is 20.1. The molecule has 0 aliphatic carbocycles. The van der Waals surface area contributed by atoms with Crippen LogP contribution in [-0.2, 0) is 16.0 Å². The molecule has 3 aromatic rings. The highest BCUT2D eigenvalue weighted by Gasteiger charge is 2.41. The Balaban J connectivity index is 1.78. The van der Waals surface area contributed by atoms with Gasteiger partial charge in [0.25, 0.3) is 11.8 Å². The molecule has 1 aliphatic rings. The number of nitrogens with zero attached hydrogens (tertiary/aromatic N) is 1. The van der Waals surface area contributed by atoms with E-state index in [1.165, 1.54) is 10.5 Å². The molecular weight excluding hydrogens is 424 g/mol. The number of imide groups is 1. The Kier molecular flexibility index (Phi) is 6.82. The van der Waals surface area contributed by atoms with Gasteiger partial charge >= 0.3 is 0 Å². The summed E-state index contributed by atoms with van der Waals surface area (Å²) in [4.78, 5) is 28.7. The lowest BCUT2D eigenvalue weighted by Crippen LogP contribution is -2.32. The Labute approximate surface area is 201 Å². The van der Waals surface area contributed by atoms with E-state index in [1.54, 1.807) is 7.11 Å². The molecule has 0 fully saturated rings. The number of ether oxygens (including phenoxy) is 1. The van der Waals surface area contributed by atoms with Gasteiger partial charge in [-0.1, -0.05) is 61.4 Å². The topological polar surface area (TPSA) is 58.6 Å². The number of rotatable bonds is 8. The highest BCUT2D eigenvalue weighted by Crippen LogP contribution is 2.36. The summed E-state index contributed by atoms with van der Waals surface area (Å²) < 4.78 is 5.46. The van der Waals surface area contributed by atoms with Gasteiger partial charge in [-0.2, -0.15) is 0 Å². The fraction of sp³-hybridized carbons (Fsp3) is 0.241. The number of hydrogen-bond acceptors (Lipinski definition) is 4. The number of hydrogen-bond donors (Lipinski definition) is 1. The van der Waals surface area contributed by atoms with Crippen LogP contribution in [0.4, 0.5) is 11.4 Å². The van der Waals surface area contributed by atoms with Crippen LogP contribution >= 0.6 is 0 Å². The normalized spacial score (nSPS) is 13.6. The van der Waals surface area contributed by atoms with Crippen LogP contribution in [0.1, 0.15) is 42.0 Å². The highest BCUT2D eigenvalue weighted by atomic mass is 16.5. The molecule has 1 heterocycles. The Bertz CT molecular complexity index is 1260. The molecule has 0 bridgehead atoms. The Morgan fingerprint density at radius 3 is 2.32 bits per heavy atom. The van der Waals surface area contributed by atoms with Gasteiger partial charge in [0.05, 0.1) is 24.1 Å². The Morgan fingerprint density at radius 2 is 1.65 bits per heavy atom. The molecule has 0 radical (unpaired) electrons. The molecule has 0 saturated carbocycles. The number of amides is 2. The molecule has 2 amide bonds. The molecule has 34 heavy (non-hydrogen) atoms. The van der Waals surface area contributed by atoms with Gasteiger partial charge in [-0.15, -0.1) is 0 Å². The molecule has 0 unspecified atom stereocenters. The molecule has 5 nitrogen and oxygen atoms in total. The monoisotopic (exact) mass is 454 g/mol. The summed E-state index contributed by atoms with van der Waals surface area (Å²) in [5, 5.41) is 3.21. The van der Waals surface area contributed by atoms with E-state index in [0.717, 1.165) is 36.0 Å². The number of carbonyl (C=O) groups excluding carboxylic acids is 2. The maximum atomic E-state index is 13.7. The van der Waals surface area contributed by atoms with Crippen molar-refractivity contribution in [3.05, 3.63) is 94.7 Å². The third-order valence-corrected chi connectivity index (χ3v) is 6.12. The number of para-hydroxylation sites is 2. The van der Waals surface area contributed by atoms with Crippen LogP contribution in [-0.4, -0.2) is 18.9 Å². The second kappa shape index (κ2) is 9.96. The van der Waals surface area contributed by atoms with Crippen molar-refractivity contribution in [3.8, 4) is 5.75 Å². The Morgan fingerprint density at radius 1 is 0.912 bits per heavy atom. The summed E-state index contributed by atoms with van der Waals surface area (Å²) in [7, 11) is 1.58. The van der Waals surface area contributed by atoms with Crippen LogP contribution < -0.4 is 15.0 Å². The minimum Gasteiger partial charge on any atom is -0.495 e. The first-order chi connectivity index (χ1) is 16.4. The molecule has 4 rings (SSSR count). The van der Waals surface area contributed by atoms with Gasteiger partial charge in [-0.3, -0.25) is 9.59 Å². The average molecular weight is 455 g/mol. The number of aryl methyl sites for hydroxylation is 3. The summed E-state index contributed by atoms with van der Waals surface area (Å²) in [6.07, 6.45) is 3.20. The summed E-state index contributed by atoms with van der Waals surface area (Å²) in [5.74, 6) is -0.128. The largest absolute Gasteiger partial charge is 0.495 e. The van der Waals surface area contributed by atoms with E-state index in [1.807, 2.05) is 80.6 Å². The second-order valence-electron chi connectivity index (χ2n) is 8.61. The molecular formula is C29H30N2O3. The van der Waals surface area contributed by atoms with Crippen molar-refractivity contribution in [2.75, 3.05) is 17.3 Å². The quantitative estimate of drug-likeness (QED) is 0.421. The number of carbonyl (C=O) groups is 2. The lowest BCUT2D eigenvalue weighted by atomic mass is 9.97. The van der Waals surface area contributed by atoms with Crippen molar-refractivity contribution >= 4 is 28.8 Å². The first-order valence-electron chi connectivity index (χ1n) is 11.6. The maximum absolute atomic E-state index is 13.7. The molecule has 0 spiro atoms. The zero-order chi connectivity index (χ0) is 24.2. The van der Waals surface area contributed by atoms with Crippen LogP contribution in [0.5, 0.6) is 5.75 Å². The molecule has 1 N–H and O–H groups in total. The number of unbranched alkanes of at least 4 members (excludes halogenated alkanes) is 1. The fourth-order valence-corrected chi connectivity index (χ4v) is 4.30. The van der Waals surface area contributed by atoms with Crippen molar-refractivity contribution in [1.29, 1.82) is 0 Å². The van der Waals surface area contributed by atoms with Gasteiger partial charge in [0.1, 0.15) is 11.4 Å². The van der Waals surface area contributed by atoms with E-state index in [0.29, 0.717) is 22.7 Å². The van der Waals surface area contributed by atoms with Crippen molar-refractivity contribution in [1.82, 2.24) is 0 Å². The van der Waals surface area contributed by atoms with Crippen LogP contribution in [0.25, 0.3) is 5.57 Å². The first-order valence-corrected chi connectivity index (χ1v) is 11.6. The van der Waals surface area contributed by atoms with Crippen LogP contribution in [0, 0.1) is 13.8 Å². The predicted molar refractivity (Wildman–Crippen MR) is 137 cm³/mol. The number of benzene rings is 3. The van der Waals surface area contributed by atoms with Crippen LogP contribution in [0.3, 0.4) is 0 Å². The van der Waals surface area contributed by atoms with E-state index in [-0.39, 0.29) is 17.5 Å². The number of nitrogens with one attached hydrogen (secondary N) is 1.